The zero-order chi connectivity index (χ0) is 13.9. The SMILES string of the molecule is O=C(NCCC1=CCCC1)NC1C2CCC(C2)C1CO. The smallest absolute Gasteiger partial charge is 0.315 e. The Balaban J connectivity index is 1.42. The summed E-state index contributed by atoms with van der Waals surface area (Å²) in [6.07, 6.45) is 10.6. The molecule has 2 bridgehead atoms. The van der Waals surface area contributed by atoms with E-state index in [-0.39, 0.29) is 24.6 Å². The van der Waals surface area contributed by atoms with Gasteiger partial charge in [0.2, 0.25) is 0 Å². The number of aliphatic hydroxyl groups excluding tert-OH is 1. The number of carbonyl (C=O) groups excluding carboxylic acids is 1. The third-order valence-corrected chi connectivity index (χ3v) is 5.46. The molecule has 112 valence electrons. The van der Waals surface area contributed by atoms with Gasteiger partial charge in [-0.25, -0.2) is 4.79 Å². The Labute approximate surface area is 121 Å². The van der Waals surface area contributed by atoms with Crippen molar-refractivity contribution in [1.29, 1.82) is 0 Å². The van der Waals surface area contributed by atoms with E-state index in [1.54, 1.807) is 0 Å². The molecule has 2 saturated carbocycles. The molecule has 0 heterocycles. The zero-order valence-corrected chi connectivity index (χ0v) is 12.1. The van der Waals surface area contributed by atoms with Crippen LogP contribution in [-0.4, -0.2) is 30.3 Å². The van der Waals surface area contributed by atoms with Gasteiger partial charge in [0.05, 0.1) is 0 Å². The van der Waals surface area contributed by atoms with Crippen LogP contribution in [0.3, 0.4) is 0 Å². The van der Waals surface area contributed by atoms with Crippen LogP contribution in [0.15, 0.2) is 11.6 Å². The molecule has 4 heteroatoms. The van der Waals surface area contributed by atoms with Gasteiger partial charge in [-0.2, -0.15) is 0 Å². The molecule has 0 spiro atoms. The highest BCUT2D eigenvalue weighted by atomic mass is 16.3. The van der Waals surface area contributed by atoms with Crippen LogP contribution in [0.1, 0.15) is 44.9 Å². The predicted octanol–water partition coefficient (Wildman–Crippen LogP) is 2.19. The summed E-state index contributed by atoms with van der Waals surface area (Å²) in [7, 11) is 0. The van der Waals surface area contributed by atoms with E-state index >= 15 is 0 Å². The van der Waals surface area contributed by atoms with Crippen molar-refractivity contribution < 1.29 is 9.90 Å². The molecule has 0 aromatic heterocycles. The Morgan fingerprint density at radius 2 is 2.20 bits per heavy atom. The molecule has 4 atom stereocenters. The molecule has 0 radical (unpaired) electrons. The molecule has 20 heavy (non-hydrogen) atoms. The number of nitrogens with one attached hydrogen (secondary N) is 2. The van der Waals surface area contributed by atoms with Gasteiger partial charge in [0.25, 0.3) is 0 Å². The fraction of sp³-hybridized carbons (Fsp3) is 0.812. The number of rotatable bonds is 5. The maximum atomic E-state index is 12.0. The summed E-state index contributed by atoms with van der Waals surface area (Å²) in [6, 6.07) is 0.129. The predicted molar refractivity (Wildman–Crippen MR) is 78.3 cm³/mol. The van der Waals surface area contributed by atoms with Crippen LogP contribution in [0, 0.1) is 17.8 Å². The fourth-order valence-electron chi connectivity index (χ4n) is 4.40. The molecule has 2 fully saturated rings. The lowest BCUT2D eigenvalue weighted by Gasteiger charge is -2.30. The van der Waals surface area contributed by atoms with Crippen LogP contribution in [-0.2, 0) is 0 Å². The van der Waals surface area contributed by atoms with Crippen LogP contribution in [0.25, 0.3) is 0 Å². The van der Waals surface area contributed by atoms with Gasteiger partial charge in [-0.1, -0.05) is 11.6 Å². The van der Waals surface area contributed by atoms with Crippen molar-refractivity contribution in [2.45, 2.75) is 51.0 Å². The molecular formula is C16H26N2O2. The van der Waals surface area contributed by atoms with E-state index in [2.05, 4.69) is 16.7 Å². The quantitative estimate of drug-likeness (QED) is 0.675. The summed E-state index contributed by atoms with van der Waals surface area (Å²) in [5.41, 5.74) is 1.48. The van der Waals surface area contributed by atoms with Crippen LogP contribution < -0.4 is 10.6 Å². The molecule has 3 aliphatic carbocycles. The first-order valence-electron chi connectivity index (χ1n) is 8.11. The minimum Gasteiger partial charge on any atom is -0.396 e. The zero-order valence-electron chi connectivity index (χ0n) is 12.1. The Hall–Kier alpha value is -1.03. The number of urea groups is 1. The number of allylic oxidation sites excluding steroid dienone is 1. The standard InChI is InChI=1S/C16H26N2O2/c19-10-14-12-5-6-13(9-12)15(14)18-16(20)17-8-7-11-3-1-2-4-11/h3,12-15,19H,1-2,4-10H2,(H2,17,18,20). The van der Waals surface area contributed by atoms with Crippen LogP contribution in [0.4, 0.5) is 4.79 Å². The third kappa shape index (κ3) is 2.85. The van der Waals surface area contributed by atoms with Crippen molar-refractivity contribution >= 4 is 6.03 Å². The average molecular weight is 278 g/mol. The van der Waals surface area contributed by atoms with Crippen molar-refractivity contribution in [3.05, 3.63) is 11.6 Å². The number of hydrogen-bond acceptors (Lipinski definition) is 2. The monoisotopic (exact) mass is 278 g/mol. The summed E-state index contributed by atoms with van der Waals surface area (Å²) >= 11 is 0. The van der Waals surface area contributed by atoms with Gasteiger partial charge in [-0.05, 0) is 56.8 Å². The minimum absolute atomic E-state index is 0.0559. The molecule has 4 nitrogen and oxygen atoms in total. The highest BCUT2D eigenvalue weighted by molar-refractivity contribution is 5.74. The largest absolute Gasteiger partial charge is 0.396 e. The van der Waals surface area contributed by atoms with Gasteiger partial charge >= 0.3 is 6.03 Å². The first-order valence-corrected chi connectivity index (χ1v) is 8.11. The first kappa shape index (κ1) is 13.9. The molecule has 3 aliphatic rings. The molecule has 0 aromatic carbocycles. The lowest BCUT2D eigenvalue weighted by molar-refractivity contribution is 0.144. The van der Waals surface area contributed by atoms with E-state index in [0.29, 0.717) is 11.8 Å². The summed E-state index contributed by atoms with van der Waals surface area (Å²) in [4.78, 5) is 12.0. The Morgan fingerprint density at radius 1 is 1.35 bits per heavy atom. The number of amides is 2. The van der Waals surface area contributed by atoms with E-state index in [4.69, 9.17) is 0 Å². The van der Waals surface area contributed by atoms with Gasteiger partial charge in [-0.15, -0.1) is 0 Å². The molecular weight excluding hydrogens is 252 g/mol. The minimum atomic E-state index is -0.0559. The molecule has 0 aliphatic heterocycles. The summed E-state index contributed by atoms with van der Waals surface area (Å²) < 4.78 is 0. The summed E-state index contributed by atoms with van der Waals surface area (Å²) in [6.45, 7) is 0.932. The van der Waals surface area contributed by atoms with Gasteiger partial charge in [-0.3, -0.25) is 0 Å². The molecule has 3 rings (SSSR count). The first-order chi connectivity index (χ1) is 9.78. The molecule has 0 aromatic rings. The van der Waals surface area contributed by atoms with E-state index in [0.717, 1.165) is 13.0 Å². The molecule has 4 unspecified atom stereocenters. The van der Waals surface area contributed by atoms with Crippen LogP contribution >= 0.6 is 0 Å². The number of fused-ring (bicyclic) bond motifs is 2. The Morgan fingerprint density at radius 3 is 2.95 bits per heavy atom. The van der Waals surface area contributed by atoms with E-state index in [9.17, 15) is 9.90 Å². The highest BCUT2D eigenvalue weighted by Gasteiger charge is 2.47. The van der Waals surface area contributed by atoms with Crippen molar-refractivity contribution in [3.8, 4) is 0 Å². The Kier molecular flexibility index (Phi) is 4.29. The Bertz CT molecular complexity index is 394. The van der Waals surface area contributed by atoms with Crippen molar-refractivity contribution in [1.82, 2.24) is 10.6 Å². The summed E-state index contributed by atoms with van der Waals surface area (Å²) in [5.74, 6) is 1.48. The lowest BCUT2D eigenvalue weighted by Crippen LogP contribution is -2.49. The highest BCUT2D eigenvalue weighted by Crippen LogP contribution is 2.48. The van der Waals surface area contributed by atoms with E-state index in [1.165, 1.54) is 44.1 Å². The maximum Gasteiger partial charge on any atom is 0.315 e. The van der Waals surface area contributed by atoms with Crippen molar-refractivity contribution in [2.75, 3.05) is 13.2 Å². The van der Waals surface area contributed by atoms with E-state index in [1.807, 2.05) is 0 Å². The normalized spacial score (nSPS) is 35.1. The third-order valence-electron chi connectivity index (χ3n) is 5.46. The number of carbonyl (C=O) groups is 1. The molecule has 0 saturated heterocycles. The average Bonchev–Trinajstić information content (AvgIpc) is 3.15. The summed E-state index contributed by atoms with van der Waals surface area (Å²) in [5, 5.41) is 15.6. The fourth-order valence-corrected chi connectivity index (χ4v) is 4.40. The van der Waals surface area contributed by atoms with Crippen molar-refractivity contribution in [3.63, 3.8) is 0 Å². The number of hydrogen-bond donors (Lipinski definition) is 3. The van der Waals surface area contributed by atoms with Crippen LogP contribution in [0.5, 0.6) is 0 Å². The van der Waals surface area contributed by atoms with Crippen molar-refractivity contribution in [2.24, 2.45) is 17.8 Å². The maximum absolute atomic E-state index is 12.0. The van der Waals surface area contributed by atoms with E-state index < -0.39 is 0 Å². The van der Waals surface area contributed by atoms with Gasteiger partial charge in [0.1, 0.15) is 0 Å². The topological polar surface area (TPSA) is 61.4 Å². The second-order valence-electron chi connectivity index (χ2n) is 6.61. The van der Waals surface area contributed by atoms with Gasteiger partial charge in [0, 0.05) is 25.1 Å². The molecule has 2 amide bonds. The number of aliphatic hydroxyl groups is 1. The van der Waals surface area contributed by atoms with Gasteiger partial charge in [0.15, 0.2) is 0 Å². The van der Waals surface area contributed by atoms with Crippen LogP contribution in [0.2, 0.25) is 0 Å². The molecule has 3 N–H and O–H groups in total. The second-order valence-corrected chi connectivity index (χ2v) is 6.61. The lowest BCUT2D eigenvalue weighted by atomic mass is 9.85. The van der Waals surface area contributed by atoms with Gasteiger partial charge < -0.3 is 15.7 Å². The second kappa shape index (κ2) is 6.17.